The standard InChI is InChI=1S/C16H13FN4OS/c1-10(11-4-6-12(17)7-5-11)18-21-16(22)14-9-13(19-20-14)15-3-2-8-23-15/h2-9H,1H3,(H,19,20)(H,21,22)/b18-10+. The molecule has 5 nitrogen and oxygen atoms in total. The summed E-state index contributed by atoms with van der Waals surface area (Å²) in [5, 5.41) is 12.8. The summed E-state index contributed by atoms with van der Waals surface area (Å²) in [5.41, 5.74) is 4.79. The number of carbonyl (C=O) groups excluding carboxylic acids is 1. The van der Waals surface area contributed by atoms with Gasteiger partial charge in [-0.2, -0.15) is 10.2 Å². The van der Waals surface area contributed by atoms with Crippen molar-refractivity contribution in [3.05, 3.63) is 64.9 Å². The Morgan fingerprint density at radius 3 is 2.78 bits per heavy atom. The third-order valence-electron chi connectivity index (χ3n) is 3.18. The number of aromatic amines is 1. The van der Waals surface area contributed by atoms with E-state index in [0.29, 0.717) is 5.71 Å². The highest BCUT2D eigenvalue weighted by atomic mass is 32.1. The van der Waals surface area contributed by atoms with E-state index in [-0.39, 0.29) is 11.5 Å². The van der Waals surface area contributed by atoms with Gasteiger partial charge in [-0.3, -0.25) is 9.89 Å². The molecule has 3 aromatic rings. The van der Waals surface area contributed by atoms with Gasteiger partial charge in [-0.05, 0) is 42.1 Å². The van der Waals surface area contributed by atoms with Crippen molar-refractivity contribution in [3.63, 3.8) is 0 Å². The van der Waals surface area contributed by atoms with Crippen molar-refractivity contribution in [2.45, 2.75) is 6.92 Å². The molecule has 0 unspecified atom stereocenters. The molecule has 0 saturated heterocycles. The van der Waals surface area contributed by atoms with Gasteiger partial charge in [0.05, 0.1) is 16.3 Å². The largest absolute Gasteiger partial charge is 0.291 e. The lowest BCUT2D eigenvalue weighted by molar-refractivity contribution is 0.0950. The predicted octanol–water partition coefficient (Wildman–Crippen LogP) is 3.43. The molecule has 0 aliphatic carbocycles. The van der Waals surface area contributed by atoms with Crippen LogP contribution < -0.4 is 5.43 Å². The number of amides is 1. The van der Waals surface area contributed by atoms with E-state index in [2.05, 4.69) is 20.7 Å². The van der Waals surface area contributed by atoms with E-state index >= 15 is 0 Å². The van der Waals surface area contributed by atoms with Crippen LogP contribution >= 0.6 is 11.3 Å². The third kappa shape index (κ3) is 3.51. The van der Waals surface area contributed by atoms with Gasteiger partial charge < -0.3 is 0 Å². The van der Waals surface area contributed by atoms with Crippen LogP contribution in [-0.2, 0) is 0 Å². The number of hydrogen-bond donors (Lipinski definition) is 2. The van der Waals surface area contributed by atoms with Gasteiger partial charge in [-0.15, -0.1) is 11.3 Å². The first-order valence-corrected chi connectivity index (χ1v) is 7.71. The summed E-state index contributed by atoms with van der Waals surface area (Å²) < 4.78 is 12.9. The number of carbonyl (C=O) groups is 1. The average molecular weight is 328 g/mol. The highest BCUT2D eigenvalue weighted by Crippen LogP contribution is 2.22. The molecule has 23 heavy (non-hydrogen) atoms. The van der Waals surface area contributed by atoms with E-state index in [1.807, 2.05) is 17.5 Å². The lowest BCUT2D eigenvalue weighted by atomic mass is 10.1. The zero-order valence-electron chi connectivity index (χ0n) is 12.2. The topological polar surface area (TPSA) is 70.1 Å². The molecule has 0 bridgehead atoms. The second-order valence-electron chi connectivity index (χ2n) is 4.79. The summed E-state index contributed by atoms with van der Waals surface area (Å²) in [6.07, 6.45) is 0. The van der Waals surface area contributed by atoms with E-state index in [1.54, 1.807) is 36.5 Å². The summed E-state index contributed by atoms with van der Waals surface area (Å²) >= 11 is 1.56. The van der Waals surface area contributed by atoms with Crippen LogP contribution in [0.4, 0.5) is 4.39 Å². The van der Waals surface area contributed by atoms with E-state index in [1.165, 1.54) is 12.1 Å². The van der Waals surface area contributed by atoms with E-state index in [4.69, 9.17) is 0 Å². The van der Waals surface area contributed by atoms with Crippen LogP contribution in [0, 0.1) is 5.82 Å². The molecular weight excluding hydrogens is 315 g/mol. The minimum atomic E-state index is -0.412. The van der Waals surface area contributed by atoms with Crippen LogP contribution in [0.15, 0.2) is 52.9 Å². The van der Waals surface area contributed by atoms with Crippen molar-refractivity contribution in [1.29, 1.82) is 0 Å². The van der Waals surface area contributed by atoms with Gasteiger partial charge >= 0.3 is 0 Å². The highest BCUT2D eigenvalue weighted by Gasteiger charge is 2.11. The quantitative estimate of drug-likeness (QED) is 0.569. The monoisotopic (exact) mass is 328 g/mol. The molecule has 2 aromatic heterocycles. The maximum Gasteiger partial charge on any atom is 0.291 e. The second-order valence-corrected chi connectivity index (χ2v) is 5.74. The van der Waals surface area contributed by atoms with Gasteiger partial charge in [0.25, 0.3) is 5.91 Å². The lowest BCUT2D eigenvalue weighted by Crippen LogP contribution is -2.19. The number of thiophene rings is 1. The molecule has 7 heteroatoms. The van der Waals surface area contributed by atoms with E-state index in [9.17, 15) is 9.18 Å². The molecule has 116 valence electrons. The molecule has 1 amide bonds. The van der Waals surface area contributed by atoms with Crippen LogP contribution in [0.5, 0.6) is 0 Å². The molecule has 3 rings (SSSR count). The Labute approximate surface area is 135 Å². The fourth-order valence-corrected chi connectivity index (χ4v) is 2.64. The van der Waals surface area contributed by atoms with Crippen LogP contribution in [0.3, 0.4) is 0 Å². The van der Waals surface area contributed by atoms with Gasteiger partial charge in [0, 0.05) is 0 Å². The molecule has 0 aliphatic heterocycles. The smallest absolute Gasteiger partial charge is 0.276 e. The summed E-state index contributed by atoms with van der Waals surface area (Å²) in [7, 11) is 0. The van der Waals surface area contributed by atoms with Crippen LogP contribution in [0.1, 0.15) is 23.0 Å². The summed E-state index contributed by atoms with van der Waals surface area (Å²) in [4.78, 5) is 13.1. The molecule has 0 saturated carbocycles. The highest BCUT2D eigenvalue weighted by molar-refractivity contribution is 7.13. The fraction of sp³-hybridized carbons (Fsp3) is 0.0625. The molecule has 2 N–H and O–H groups in total. The lowest BCUT2D eigenvalue weighted by Gasteiger charge is -2.01. The Balaban J connectivity index is 1.69. The third-order valence-corrected chi connectivity index (χ3v) is 4.09. The van der Waals surface area contributed by atoms with Gasteiger partial charge in [-0.1, -0.05) is 18.2 Å². The number of nitrogens with one attached hydrogen (secondary N) is 2. The molecular formula is C16H13FN4OS. The molecule has 0 spiro atoms. The normalized spacial score (nSPS) is 11.5. The second kappa shape index (κ2) is 6.53. The van der Waals surface area contributed by atoms with Crippen molar-refractivity contribution in [2.75, 3.05) is 0 Å². The minimum Gasteiger partial charge on any atom is -0.276 e. The van der Waals surface area contributed by atoms with Crippen molar-refractivity contribution in [2.24, 2.45) is 5.10 Å². The number of aromatic nitrogens is 2. The minimum absolute atomic E-state index is 0.254. The van der Waals surface area contributed by atoms with Gasteiger partial charge in [0.2, 0.25) is 0 Å². The number of halogens is 1. The van der Waals surface area contributed by atoms with E-state index < -0.39 is 5.91 Å². The maximum atomic E-state index is 12.9. The average Bonchev–Trinajstić information content (AvgIpc) is 3.23. The molecule has 2 heterocycles. The molecule has 0 fully saturated rings. The Bertz CT molecular complexity index is 837. The molecule has 0 aliphatic rings. The zero-order valence-corrected chi connectivity index (χ0v) is 13.0. The van der Waals surface area contributed by atoms with E-state index in [0.717, 1.165) is 16.1 Å². The predicted molar refractivity (Wildman–Crippen MR) is 88.0 cm³/mol. The van der Waals surface area contributed by atoms with Gasteiger partial charge in [-0.25, -0.2) is 9.82 Å². The maximum absolute atomic E-state index is 12.9. The summed E-state index contributed by atoms with van der Waals surface area (Å²) in [6, 6.07) is 11.4. The Hall–Kier alpha value is -2.80. The molecule has 1 aromatic carbocycles. The first-order chi connectivity index (χ1) is 11.1. The Kier molecular flexibility index (Phi) is 4.29. The number of hydrogen-bond acceptors (Lipinski definition) is 4. The first-order valence-electron chi connectivity index (χ1n) is 6.83. The Morgan fingerprint density at radius 2 is 2.09 bits per heavy atom. The number of rotatable bonds is 4. The number of H-pyrrole nitrogens is 1. The van der Waals surface area contributed by atoms with Crippen LogP contribution in [0.25, 0.3) is 10.6 Å². The van der Waals surface area contributed by atoms with Crippen molar-refractivity contribution < 1.29 is 9.18 Å². The summed E-state index contributed by atoms with van der Waals surface area (Å²) in [6.45, 7) is 1.73. The number of nitrogens with zero attached hydrogens (tertiary/aromatic N) is 2. The van der Waals surface area contributed by atoms with Crippen LogP contribution in [0.2, 0.25) is 0 Å². The van der Waals surface area contributed by atoms with Crippen molar-refractivity contribution >= 4 is 23.0 Å². The van der Waals surface area contributed by atoms with Crippen molar-refractivity contribution in [3.8, 4) is 10.6 Å². The zero-order chi connectivity index (χ0) is 16.2. The SMILES string of the molecule is C/C(=N\NC(=O)c1cc(-c2cccs2)[nH]n1)c1ccc(F)cc1. The van der Waals surface area contributed by atoms with Crippen molar-refractivity contribution in [1.82, 2.24) is 15.6 Å². The van der Waals surface area contributed by atoms with Gasteiger partial charge in [0.1, 0.15) is 5.82 Å². The number of benzene rings is 1. The molecule has 0 atom stereocenters. The first kappa shape index (κ1) is 15.1. The Morgan fingerprint density at radius 1 is 1.30 bits per heavy atom. The van der Waals surface area contributed by atoms with Gasteiger partial charge in [0.15, 0.2) is 5.69 Å². The van der Waals surface area contributed by atoms with Crippen LogP contribution in [-0.4, -0.2) is 21.8 Å². The molecule has 0 radical (unpaired) electrons. The fourth-order valence-electron chi connectivity index (χ4n) is 1.94. The number of hydrazone groups is 1. The summed E-state index contributed by atoms with van der Waals surface area (Å²) in [5.74, 6) is -0.728.